The van der Waals surface area contributed by atoms with Gasteiger partial charge >= 0.3 is 0 Å². The number of aryl methyl sites for hydroxylation is 4. The van der Waals surface area contributed by atoms with E-state index in [0.717, 1.165) is 37.1 Å². The van der Waals surface area contributed by atoms with Crippen LogP contribution in [-0.4, -0.2) is 42.2 Å². The highest BCUT2D eigenvalue weighted by Crippen LogP contribution is 2.26. The molecule has 3 rings (SSSR count). The van der Waals surface area contributed by atoms with Crippen molar-refractivity contribution in [2.24, 2.45) is 0 Å². The minimum absolute atomic E-state index is 0.379. The monoisotopic (exact) mass is 405 g/mol. The molecule has 7 heteroatoms. The Morgan fingerprint density at radius 3 is 2.29 bits per heavy atom. The van der Waals surface area contributed by atoms with Gasteiger partial charge in [0.25, 0.3) is 0 Å². The Kier molecular flexibility index (Phi) is 6.45. The molecule has 0 unspecified atom stereocenters. The Labute approximate surface area is 168 Å². The van der Waals surface area contributed by atoms with Gasteiger partial charge in [-0.1, -0.05) is 12.5 Å². The summed E-state index contributed by atoms with van der Waals surface area (Å²) in [5.74, 6) is 0.874. The maximum Gasteiger partial charge on any atom is 0.246 e. The average molecular weight is 406 g/mol. The second kappa shape index (κ2) is 8.66. The van der Waals surface area contributed by atoms with Gasteiger partial charge in [-0.15, -0.1) is 0 Å². The van der Waals surface area contributed by atoms with Crippen LogP contribution in [0.15, 0.2) is 23.1 Å². The zero-order chi connectivity index (χ0) is 20.3. The summed E-state index contributed by atoms with van der Waals surface area (Å²) in [6, 6.07) is 6.17. The molecule has 28 heavy (non-hydrogen) atoms. The highest BCUT2D eigenvalue weighted by Gasteiger charge is 2.31. The zero-order valence-electron chi connectivity index (χ0n) is 17.4. The van der Waals surface area contributed by atoms with Gasteiger partial charge in [-0.3, -0.25) is 4.68 Å². The van der Waals surface area contributed by atoms with Crippen LogP contribution in [-0.2, 0) is 16.6 Å². The maximum atomic E-state index is 13.1. The molecule has 0 N–H and O–H groups in total. The molecule has 0 aliphatic carbocycles. The lowest BCUT2D eigenvalue weighted by atomic mass is 10.1. The van der Waals surface area contributed by atoms with Crippen LogP contribution in [0.1, 0.15) is 48.2 Å². The Bertz CT molecular complexity index is 908. The fourth-order valence-corrected chi connectivity index (χ4v) is 5.82. The minimum atomic E-state index is -3.47. The number of piperidine rings is 1. The fraction of sp³-hybridized carbons (Fsp3) is 0.571. The summed E-state index contributed by atoms with van der Waals surface area (Å²) in [6.45, 7) is 10.2. The predicted octanol–water partition coefficient (Wildman–Crippen LogP) is 3.76. The van der Waals surface area contributed by atoms with Gasteiger partial charge in [-0.25, -0.2) is 8.42 Å². The molecular weight excluding hydrogens is 374 g/mol. The van der Waals surface area contributed by atoms with Gasteiger partial charge in [0.1, 0.15) is 10.6 Å². The molecule has 1 aromatic heterocycles. The lowest BCUT2D eigenvalue weighted by molar-refractivity contribution is 0.297. The van der Waals surface area contributed by atoms with Crippen molar-refractivity contribution in [3.05, 3.63) is 40.7 Å². The van der Waals surface area contributed by atoms with Gasteiger partial charge in [-0.2, -0.15) is 9.40 Å². The molecule has 0 spiro atoms. The molecule has 2 aromatic rings. The molecule has 1 aliphatic heterocycles. The molecule has 1 aliphatic rings. The third kappa shape index (κ3) is 4.58. The molecule has 0 atom stereocenters. The van der Waals surface area contributed by atoms with E-state index in [-0.39, 0.29) is 0 Å². The van der Waals surface area contributed by atoms with E-state index < -0.39 is 10.0 Å². The summed E-state index contributed by atoms with van der Waals surface area (Å²) in [7, 11) is -3.47. The van der Waals surface area contributed by atoms with Crippen LogP contribution in [0.3, 0.4) is 0 Å². The number of nitrogens with zero attached hydrogens (tertiary/aromatic N) is 3. The number of aromatic nitrogens is 2. The standard InChI is InChI=1S/C21H31N3O3S/c1-16-13-17(2)15-20(14-16)27-12-8-11-24-19(4)21(18(3)22-24)28(25,26)23-9-6-5-7-10-23/h13-15H,5-12H2,1-4H3. The Morgan fingerprint density at radius 1 is 1.00 bits per heavy atom. The van der Waals surface area contributed by atoms with E-state index in [1.807, 2.05) is 19.1 Å². The van der Waals surface area contributed by atoms with E-state index in [4.69, 9.17) is 4.74 Å². The fourth-order valence-electron chi connectivity index (χ4n) is 3.93. The van der Waals surface area contributed by atoms with Gasteiger partial charge < -0.3 is 4.74 Å². The number of rotatable bonds is 7. The van der Waals surface area contributed by atoms with E-state index in [1.54, 1.807) is 15.9 Å². The van der Waals surface area contributed by atoms with Crippen molar-refractivity contribution in [1.29, 1.82) is 0 Å². The molecule has 2 heterocycles. The molecule has 1 fully saturated rings. The van der Waals surface area contributed by atoms with Gasteiger partial charge in [-0.05, 0) is 63.8 Å². The van der Waals surface area contributed by atoms with Gasteiger partial charge in [0.15, 0.2) is 0 Å². The minimum Gasteiger partial charge on any atom is -0.494 e. The molecular formula is C21H31N3O3S. The first kappa shape index (κ1) is 20.9. The molecule has 1 aromatic carbocycles. The largest absolute Gasteiger partial charge is 0.494 e. The number of hydrogen-bond acceptors (Lipinski definition) is 4. The summed E-state index contributed by atoms with van der Waals surface area (Å²) < 4.78 is 35.4. The third-order valence-electron chi connectivity index (χ3n) is 5.21. The Morgan fingerprint density at radius 2 is 1.64 bits per heavy atom. The highest BCUT2D eigenvalue weighted by molar-refractivity contribution is 7.89. The normalized spacial score (nSPS) is 15.7. The van der Waals surface area contributed by atoms with Crippen LogP contribution in [0.5, 0.6) is 5.75 Å². The first-order valence-electron chi connectivity index (χ1n) is 10.0. The second-order valence-corrected chi connectivity index (χ2v) is 9.59. The van der Waals surface area contributed by atoms with Crippen molar-refractivity contribution in [3.8, 4) is 5.75 Å². The van der Waals surface area contributed by atoms with Crippen molar-refractivity contribution in [2.75, 3.05) is 19.7 Å². The van der Waals surface area contributed by atoms with Gasteiger partial charge in [0, 0.05) is 26.1 Å². The number of sulfonamides is 1. The van der Waals surface area contributed by atoms with Crippen molar-refractivity contribution in [1.82, 2.24) is 14.1 Å². The SMILES string of the molecule is Cc1cc(C)cc(OCCCn2nc(C)c(S(=O)(=O)N3CCCCC3)c2C)c1. The summed E-state index contributed by atoms with van der Waals surface area (Å²) >= 11 is 0. The quantitative estimate of drug-likeness (QED) is 0.658. The highest BCUT2D eigenvalue weighted by atomic mass is 32.2. The molecule has 154 valence electrons. The lowest BCUT2D eigenvalue weighted by Crippen LogP contribution is -2.36. The first-order valence-corrected chi connectivity index (χ1v) is 11.5. The zero-order valence-corrected chi connectivity index (χ0v) is 18.2. The van der Waals surface area contributed by atoms with Crippen LogP contribution < -0.4 is 4.74 Å². The molecule has 0 saturated carbocycles. The van der Waals surface area contributed by atoms with E-state index in [9.17, 15) is 8.42 Å². The van der Waals surface area contributed by atoms with Crippen molar-refractivity contribution in [3.63, 3.8) is 0 Å². The molecule has 0 bridgehead atoms. The second-order valence-electron chi connectivity index (χ2n) is 7.71. The number of hydrogen-bond donors (Lipinski definition) is 0. The van der Waals surface area contributed by atoms with Crippen LogP contribution in [0.2, 0.25) is 0 Å². The van der Waals surface area contributed by atoms with Crippen LogP contribution in [0.25, 0.3) is 0 Å². The van der Waals surface area contributed by atoms with Gasteiger partial charge in [0.05, 0.1) is 18.0 Å². The molecule has 1 saturated heterocycles. The lowest BCUT2D eigenvalue weighted by Gasteiger charge is -2.26. The maximum absolute atomic E-state index is 13.1. The summed E-state index contributed by atoms with van der Waals surface area (Å²) in [6.07, 6.45) is 3.73. The average Bonchev–Trinajstić information content (AvgIpc) is 2.93. The third-order valence-corrected chi connectivity index (χ3v) is 7.36. The van der Waals surface area contributed by atoms with Crippen molar-refractivity contribution < 1.29 is 13.2 Å². The number of benzene rings is 1. The van der Waals surface area contributed by atoms with Gasteiger partial charge in [0.2, 0.25) is 10.0 Å². The summed E-state index contributed by atoms with van der Waals surface area (Å²) in [5.41, 5.74) is 3.66. The topological polar surface area (TPSA) is 64.4 Å². The Balaban J connectivity index is 1.65. The molecule has 6 nitrogen and oxygen atoms in total. The van der Waals surface area contributed by atoms with E-state index in [0.29, 0.717) is 36.8 Å². The predicted molar refractivity (Wildman–Crippen MR) is 110 cm³/mol. The van der Waals surface area contributed by atoms with Crippen LogP contribution in [0.4, 0.5) is 0 Å². The van der Waals surface area contributed by atoms with E-state index in [1.165, 1.54) is 11.1 Å². The van der Waals surface area contributed by atoms with Crippen molar-refractivity contribution >= 4 is 10.0 Å². The summed E-state index contributed by atoms with van der Waals surface area (Å²) in [4.78, 5) is 0.379. The van der Waals surface area contributed by atoms with Crippen LogP contribution >= 0.6 is 0 Å². The Hall–Kier alpha value is -1.86. The smallest absolute Gasteiger partial charge is 0.246 e. The van der Waals surface area contributed by atoms with E-state index >= 15 is 0 Å². The van der Waals surface area contributed by atoms with Crippen LogP contribution in [0, 0.1) is 27.7 Å². The van der Waals surface area contributed by atoms with Crippen molar-refractivity contribution in [2.45, 2.75) is 64.8 Å². The molecule has 0 radical (unpaired) electrons. The number of ether oxygens (including phenoxy) is 1. The molecule has 0 amide bonds. The first-order chi connectivity index (χ1) is 13.3. The van der Waals surface area contributed by atoms with E-state index in [2.05, 4.69) is 25.0 Å². The summed E-state index contributed by atoms with van der Waals surface area (Å²) in [5, 5.41) is 4.50.